The Morgan fingerprint density at radius 2 is 2.32 bits per heavy atom. The number of aromatic nitrogens is 1. The molecule has 100 valence electrons. The van der Waals surface area contributed by atoms with Crippen molar-refractivity contribution >= 4 is 0 Å². The van der Waals surface area contributed by atoms with Crippen molar-refractivity contribution in [3.8, 4) is 5.75 Å². The van der Waals surface area contributed by atoms with Crippen LogP contribution in [-0.2, 0) is 19.6 Å². The fraction of sp³-hybridized carbons (Fsp3) is 0.357. The first-order valence-corrected chi connectivity index (χ1v) is 6.28. The molecule has 0 saturated heterocycles. The smallest absolute Gasteiger partial charge is 0.181 e. The van der Waals surface area contributed by atoms with Gasteiger partial charge < -0.3 is 14.5 Å². The van der Waals surface area contributed by atoms with Crippen molar-refractivity contribution in [1.82, 2.24) is 10.3 Å². The van der Waals surface area contributed by atoms with Crippen molar-refractivity contribution in [2.45, 2.75) is 26.5 Å². The highest BCUT2D eigenvalue weighted by Gasteiger charge is 2.14. The SMILES string of the molecule is Cc1ncoc1COc1cc2c(cc1F)CNCC2. The first kappa shape index (κ1) is 12.2. The van der Waals surface area contributed by atoms with Crippen LogP contribution in [-0.4, -0.2) is 11.5 Å². The van der Waals surface area contributed by atoms with Crippen molar-refractivity contribution < 1.29 is 13.5 Å². The fourth-order valence-corrected chi connectivity index (χ4v) is 2.20. The van der Waals surface area contributed by atoms with Crippen molar-refractivity contribution in [2.24, 2.45) is 0 Å². The molecule has 4 nitrogen and oxygen atoms in total. The van der Waals surface area contributed by atoms with Crippen LogP contribution in [0.25, 0.3) is 0 Å². The van der Waals surface area contributed by atoms with Gasteiger partial charge in [-0.1, -0.05) is 0 Å². The molecule has 1 aromatic carbocycles. The van der Waals surface area contributed by atoms with Gasteiger partial charge in [-0.2, -0.15) is 0 Å². The molecule has 1 aliphatic heterocycles. The molecule has 0 saturated carbocycles. The Bertz CT molecular complexity index is 595. The lowest BCUT2D eigenvalue weighted by molar-refractivity contribution is 0.257. The molecule has 1 N–H and O–H groups in total. The number of nitrogens with zero attached hydrogens (tertiary/aromatic N) is 1. The van der Waals surface area contributed by atoms with Crippen LogP contribution in [0, 0.1) is 12.7 Å². The maximum absolute atomic E-state index is 13.9. The van der Waals surface area contributed by atoms with E-state index in [4.69, 9.17) is 9.15 Å². The Morgan fingerprint density at radius 3 is 3.11 bits per heavy atom. The molecule has 0 bridgehead atoms. The summed E-state index contributed by atoms with van der Waals surface area (Å²) in [6.45, 7) is 3.66. The summed E-state index contributed by atoms with van der Waals surface area (Å²) in [6.07, 6.45) is 2.26. The van der Waals surface area contributed by atoms with Gasteiger partial charge in [0.05, 0.1) is 5.69 Å². The van der Waals surface area contributed by atoms with E-state index in [9.17, 15) is 4.39 Å². The molecule has 2 heterocycles. The van der Waals surface area contributed by atoms with Gasteiger partial charge in [0.1, 0.15) is 6.61 Å². The van der Waals surface area contributed by atoms with E-state index in [2.05, 4.69) is 10.3 Å². The number of hydrogen-bond acceptors (Lipinski definition) is 4. The Balaban J connectivity index is 1.79. The summed E-state index contributed by atoms with van der Waals surface area (Å²) in [4.78, 5) is 3.97. The third kappa shape index (κ3) is 2.46. The predicted molar refractivity (Wildman–Crippen MR) is 67.4 cm³/mol. The number of fused-ring (bicyclic) bond motifs is 1. The second-order valence-corrected chi connectivity index (χ2v) is 4.63. The highest BCUT2D eigenvalue weighted by atomic mass is 19.1. The zero-order valence-electron chi connectivity index (χ0n) is 10.7. The zero-order chi connectivity index (χ0) is 13.2. The standard InChI is InChI=1S/C14H15FN2O2/c1-9-14(19-8-17-9)7-18-13-5-10-2-3-16-6-11(10)4-12(13)15/h4-5,8,16H,2-3,6-7H2,1H3. The van der Waals surface area contributed by atoms with Gasteiger partial charge in [-0.25, -0.2) is 9.37 Å². The summed E-state index contributed by atoms with van der Waals surface area (Å²) < 4.78 is 24.6. The lowest BCUT2D eigenvalue weighted by atomic mass is 10.0. The van der Waals surface area contributed by atoms with E-state index in [1.165, 1.54) is 6.39 Å². The number of halogens is 1. The largest absolute Gasteiger partial charge is 0.482 e. The Hall–Kier alpha value is -1.88. The van der Waals surface area contributed by atoms with Gasteiger partial charge in [-0.15, -0.1) is 0 Å². The van der Waals surface area contributed by atoms with Crippen LogP contribution >= 0.6 is 0 Å². The van der Waals surface area contributed by atoms with Crippen LogP contribution in [0.3, 0.4) is 0 Å². The Kier molecular flexibility index (Phi) is 3.21. The molecule has 0 amide bonds. The first-order chi connectivity index (χ1) is 9.24. The van der Waals surface area contributed by atoms with E-state index < -0.39 is 0 Å². The number of oxazole rings is 1. The molecule has 0 fully saturated rings. The first-order valence-electron chi connectivity index (χ1n) is 6.28. The average Bonchev–Trinajstić information content (AvgIpc) is 2.82. The van der Waals surface area contributed by atoms with Crippen molar-refractivity contribution in [3.05, 3.63) is 46.9 Å². The minimum Gasteiger partial charge on any atom is -0.482 e. The molecule has 0 aliphatic carbocycles. The van der Waals surface area contributed by atoms with Crippen LogP contribution in [0.2, 0.25) is 0 Å². The predicted octanol–water partition coefficient (Wildman–Crippen LogP) is 2.35. The zero-order valence-corrected chi connectivity index (χ0v) is 10.7. The van der Waals surface area contributed by atoms with Crippen LogP contribution in [0.15, 0.2) is 22.9 Å². The summed E-state index contributed by atoms with van der Waals surface area (Å²) >= 11 is 0. The van der Waals surface area contributed by atoms with Gasteiger partial charge in [0, 0.05) is 6.54 Å². The summed E-state index contributed by atoms with van der Waals surface area (Å²) in [6, 6.07) is 3.33. The minimum absolute atomic E-state index is 0.194. The summed E-state index contributed by atoms with van der Waals surface area (Å²) in [5.41, 5.74) is 2.92. The number of nitrogens with one attached hydrogen (secondary N) is 1. The van der Waals surface area contributed by atoms with Gasteiger partial charge in [-0.3, -0.25) is 0 Å². The second-order valence-electron chi connectivity index (χ2n) is 4.63. The average molecular weight is 262 g/mol. The quantitative estimate of drug-likeness (QED) is 0.922. The van der Waals surface area contributed by atoms with Crippen LogP contribution in [0.4, 0.5) is 4.39 Å². The van der Waals surface area contributed by atoms with E-state index >= 15 is 0 Å². The number of ether oxygens (including phenoxy) is 1. The monoisotopic (exact) mass is 262 g/mol. The van der Waals surface area contributed by atoms with Crippen LogP contribution < -0.4 is 10.1 Å². The molecule has 0 atom stereocenters. The third-order valence-corrected chi connectivity index (χ3v) is 3.34. The lowest BCUT2D eigenvalue weighted by Gasteiger charge is -2.18. The molecule has 2 aromatic rings. The molecule has 0 radical (unpaired) electrons. The van der Waals surface area contributed by atoms with Gasteiger partial charge >= 0.3 is 0 Å². The van der Waals surface area contributed by atoms with Crippen molar-refractivity contribution in [3.63, 3.8) is 0 Å². The van der Waals surface area contributed by atoms with Gasteiger partial charge in [-0.05, 0) is 43.1 Å². The second kappa shape index (κ2) is 5.01. The van der Waals surface area contributed by atoms with Crippen molar-refractivity contribution in [2.75, 3.05) is 6.54 Å². The topological polar surface area (TPSA) is 47.3 Å². The van der Waals surface area contributed by atoms with E-state index in [0.717, 1.165) is 29.8 Å². The Morgan fingerprint density at radius 1 is 1.42 bits per heavy atom. The number of hydrogen-bond donors (Lipinski definition) is 1. The number of rotatable bonds is 3. The molecular weight excluding hydrogens is 247 g/mol. The summed E-state index contributed by atoms with van der Waals surface area (Å²) in [5, 5.41) is 3.22. The minimum atomic E-state index is -0.334. The van der Waals surface area contributed by atoms with Crippen molar-refractivity contribution in [1.29, 1.82) is 0 Å². The molecular formula is C14H15FN2O2. The van der Waals surface area contributed by atoms with Gasteiger partial charge in [0.2, 0.25) is 0 Å². The molecule has 3 rings (SSSR count). The molecule has 1 aromatic heterocycles. The summed E-state index contributed by atoms with van der Waals surface area (Å²) in [7, 11) is 0. The third-order valence-electron chi connectivity index (χ3n) is 3.34. The van der Waals surface area contributed by atoms with E-state index in [1.54, 1.807) is 12.1 Å². The normalized spacial score (nSPS) is 14.2. The number of aryl methyl sites for hydroxylation is 1. The number of benzene rings is 1. The highest BCUT2D eigenvalue weighted by molar-refractivity contribution is 5.38. The van der Waals surface area contributed by atoms with E-state index in [0.29, 0.717) is 12.3 Å². The van der Waals surface area contributed by atoms with Crippen LogP contribution in [0.1, 0.15) is 22.6 Å². The molecule has 0 spiro atoms. The molecule has 1 aliphatic rings. The molecule has 19 heavy (non-hydrogen) atoms. The summed E-state index contributed by atoms with van der Waals surface area (Å²) in [5.74, 6) is 0.565. The molecule has 5 heteroatoms. The Labute approximate surface area is 110 Å². The van der Waals surface area contributed by atoms with E-state index in [-0.39, 0.29) is 18.2 Å². The fourth-order valence-electron chi connectivity index (χ4n) is 2.20. The maximum Gasteiger partial charge on any atom is 0.181 e. The van der Waals surface area contributed by atoms with Gasteiger partial charge in [0.15, 0.2) is 23.7 Å². The van der Waals surface area contributed by atoms with Crippen LogP contribution in [0.5, 0.6) is 5.75 Å². The highest BCUT2D eigenvalue weighted by Crippen LogP contribution is 2.25. The molecule has 0 unspecified atom stereocenters. The lowest BCUT2D eigenvalue weighted by Crippen LogP contribution is -2.23. The van der Waals surface area contributed by atoms with E-state index in [1.807, 2.05) is 6.92 Å². The van der Waals surface area contributed by atoms with Gasteiger partial charge in [0.25, 0.3) is 0 Å². The maximum atomic E-state index is 13.9.